The number of carbonyl (C=O) groups is 1. The van der Waals surface area contributed by atoms with Crippen molar-refractivity contribution in [3.05, 3.63) is 4.88 Å². The number of piperidine rings is 1. The topological polar surface area (TPSA) is 55.6 Å². The summed E-state index contributed by atoms with van der Waals surface area (Å²) in [5, 5.41) is 1.14. The van der Waals surface area contributed by atoms with Gasteiger partial charge < -0.3 is 15.4 Å². The quantitative estimate of drug-likeness (QED) is 0.684. The zero-order valence-electron chi connectivity index (χ0n) is 11.6. The third kappa shape index (κ3) is 2.90. The van der Waals surface area contributed by atoms with E-state index in [2.05, 4.69) is 4.90 Å². The molecule has 0 amide bonds. The molecule has 2 heterocycles. The van der Waals surface area contributed by atoms with Crippen LogP contribution in [-0.4, -0.2) is 38.3 Å². The fourth-order valence-electron chi connectivity index (χ4n) is 2.38. The van der Waals surface area contributed by atoms with Gasteiger partial charge in [-0.2, -0.15) is 0 Å². The average Bonchev–Trinajstić information content (AvgIpc) is 2.76. The van der Waals surface area contributed by atoms with Crippen molar-refractivity contribution in [3.8, 4) is 0 Å². The van der Waals surface area contributed by atoms with Gasteiger partial charge in [-0.3, -0.25) is 4.79 Å². The Hall–Kier alpha value is -0.720. The second-order valence-electron chi connectivity index (χ2n) is 4.66. The van der Waals surface area contributed by atoms with Crippen LogP contribution in [0.2, 0.25) is 0 Å². The van der Waals surface area contributed by atoms with Crippen LogP contribution in [0.15, 0.2) is 4.90 Å². The monoisotopic (exact) mass is 300 g/mol. The standard InChI is InChI=1S/C13H20N2O2S2/c1-8(16)11-10(14)12(18-3)13(19-11)15-6-4-9(17-2)5-7-15/h9H,4-7,14H2,1-3H3. The van der Waals surface area contributed by atoms with Gasteiger partial charge >= 0.3 is 0 Å². The van der Waals surface area contributed by atoms with Gasteiger partial charge in [-0.25, -0.2) is 0 Å². The summed E-state index contributed by atoms with van der Waals surface area (Å²) >= 11 is 3.14. The Bertz CT molecular complexity index is 465. The van der Waals surface area contributed by atoms with Crippen molar-refractivity contribution >= 4 is 39.6 Å². The number of carbonyl (C=O) groups excluding carboxylic acids is 1. The molecule has 0 saturated carbocycles. The summed E-state index contributed by atoms with van der Waals surface area (Å²) in [5.74, 6) is 0.0517. The number of hydrogen-bond acceptors (Lipinski definition) is 6. The average molecular weight is 300 g/mol. The summed E-state index contributed by atoms with van der Waals surface area (Å²) in [7, 11) is 1.77. The highest BCUT2D eigenvalue weighted by molar-refractivity contribution is 7.99. The second-order valence-corrected chi connectivity index (χ2v) is 6.48. The molecule has 0 radical (unpaired) electrons. The van der Waals surface area contributed by atoms with Gasteiger partial charge in [-0.15, -0.1) is 23.1 Å². The predicted molar refractivity (Wildman–Crippen MR) is 82.8 cm³/mol. The summed E-state index contributed by atoms with van der Waals surface area (Å²) in [4.78, 5) is 15.7. The van der Waals surface area contributed by atoms with E-state index in [-0.39, 0.29) is 5.78 Å². The van der Waals surface area contributed by atoms with Crippen molar-refractivity contribution in [1.29, 1.82) is 0 Å². The van der Waals surface area contributed by atoms with E-state index in [1.165, 1.54) is 11.3 Å². The minimum atomic E-state index is 0.0517. The third-order valence-corrected chi connectivity index (χ3v) is 5.79. The number of ether oxygens (including phenoxy) is 1. The fraction of sp³-hybridized carbons (Fsp3) is 0.615. The van der Waals surface area contributed by atoms with Crippen LogP contribution in [0.4, 0.5) is 10.7 Å². The molecule has 106 valence electrons. The van der Waals surface area contributed by atoms with E-state index < -0.39 is 0 Å². The lowest BCUT2D eigenvalue weighted by Crippen LogP contribution is -2.36. The summed E-state index contributed by atoms with van der Waals surface area (Å²) in [6, 6.07) is 0. The maximum Gasteiger partial charge on any atom is 0.171 e. The number of thioether (sulfide) groups is 1. The number of Topliss-reactive ketones (excluding diaryl/α,β-unsaturated/α-hetero) is 1. The van der Waals surface area contributed by atoms with Crippen molar-refractivity contribution < 1.29 is 9.53 Å². The zero-order chi connectivity index (χ0) is 14.0. The molecule has 0 unspecified atom stereocenters. The summed E-state index contributed by atoms with van der Waals surface area (Å²) < 4.78 is 5.39. The first-order valence-corrected chi connectivity index (χ1v) is 8.37. The Morgan fingerprint density at radius 3 is 2.58 bits per heavy atom. The first-order valence-electron chi connectivity index (χ1n) is 6.33. The molecule has 4 nitrogen and oxygen atoms in total. The van der Waals surface area contributed by atoms with E-state index in [9.17, 15) is 4.79 Å². The number of methoxy groups -OCH3 is 1. The maximum atomic E-state index is 11.6. The molecule has 1 saturated heterocycles. The molecule has 1 aliphatic rings. The number of nitrogens with zero attached hydrogens (tertiary/aromatic N) is 1. The second kappa shape index (κ2) is 6.15. The van der Waals surface area contributed by atoms with Gasteiger partial charge in [0.25, 0.3) is 0 Å². The van der Waals surface area contributed by atoms with Gasteiger partial charge in [0.05, 0.1) is 21.6 Å². The highest BCUT2D eigenvalue weighted by Crippen LogP contribution is 2.44. The van der Waals surface area contributed by atoms with Crippen LogP contribution in [0.3, 0.4) is 0 Å². The molecule has 1 aliphatic heterocycles. The van der Waals surface area contributed by atoms with Crippen molar-refractivity contribution in [2.24, 2.45) is 0 Å². The minimum Gasteiger partial charge on any atom is -0.396 e. The number of anilines is 2. The molecule has 2 rings (SSSR count). The van der Waals surface area contributed by atoms with Crippen LogP contribution in [0.1, 0.15) is 29.4 Å². The van der Waals surface area contributed by atoms with E-state index in [4.69, 9.17) is 10.5 Å². The lowest BCUT2D eigenvalue weighted by atomic mass is 10.1. The normalized spacial score (nSPS) is 16.9. The lowest BCUT2D eigenvalue weighted by molar-refractivity contribution is 0.0819. The largest absolute Gasteiger partial charge is 0.396 e. The van der Waals surface area contributed by atoms with E-state index in [1.807, 2.05) is 6.26 Å². The van der Waals surface area contributed by atoms with Gasteiger partial charge in [0, 0.05) is 27.1 Å². The molecule has 0 atom stereocenters. The van der Waals surface area contributed by atoms with Crippen LogP contribution in [-0.2, 0) is 4.74 Å². The molecule has 1 aromatic heterocycles. The SMILES string of the molecule is COC1CCN(c2sc(C(C)=O)c(N)c2SC)CC1. The Balaban J connectivity index is 2.25. The minimum absolute atomic E-state index is 0.0517. The van der Waals surface area contributed by atoms with Gasteiger partial charge in [-0.05, 0) is 19.1 Å². The number of thiophene rings is 1. The molecule has 6 heteroatoms. The number of hydrogen-bond donors (Lipinski definition) is 1. The van der Waals surface area contributed by atoms with Crippen LogP contribution in [0.25, 0.3) is 0 Å². The van der Waals surface area contributed by atoms with E-state index >= 15 is 0 Å². The van der Waals surface area contributed by atoms with Crippen LogP contribution < -0.4 is 10.6 Å². The van der Waals surface area contributed by atoms with Crippen molar-refractivity contribution in [1.82, 2.24) is 0 Å². The van der Waals surface area contributed by atoms with E-state index in [0.29, 0.717) is 16.7 Å². The summed E-state index contributed by atoms with van der Waals surface area (Å²) in [5.41, 5.74) is 6.74. The molecule has 1 fully saturated rings. The highest BCUT2D eigenvalue weighted by atomic mass is 32.2. The number of nitrogens with two attached hydrogens (primary N) is 1. The molecule has 0 aromatic carbocycles. The molecule has 1 aromatic rings. The number of nitrogen functional groups attached to an aromatic ring is 1. The Morgan fingerprint density at radius 2 is 2.11 bits per heavy atom. The van der Waals surface area contributed by atoms with Crippen molar-refractivity contribution in [2.45, 2.75) is 30.8 Å². The third-order valence-electron chi connectivity index (χ3n) is 3.47. The number of rotatable bonds is 4. The zero-order valence-corrected chi connectivity index (χ0v) is 13.2. The predicted octanol–water partition coefficient (Wildman–Crippen LogP) is 2.87. The molecule has 0 spiro atoms. The van der Waals surface area contributed by atoms with Crippen molar-refractivity contribution in [2.75, 3.05) is 37.1 Å². The van der Waals surface area contributed by atoms with Crippen LogP contribution in [0, 0.1) is 0 Å². The smallest absolute Gasteiger partial charge is 0.171 e. The van der Waals surface area contributed by atoms with Gasteiger partial charge in [0.2, 0.25) is 0 Å². The molecule has 19 heavy (non-hydrogen) atoms. The molecule has 2 N–H and O–H groups in total. The van der Waals surface area contributed by atoms with Crippen LogP contribution >= 0.6 is 23.1 Å². The summed E-state index contributed by atoms with van der Waals surface area (Å²) in [6.07, 6.45) is 4.42. The number of ketones is 1. The highest BCUT2D eigenvalue weighted by Gasteiger charge is 2.25. The van der Waals surface area contributed by atoms with E-state index in [1.54, 1.807) is 25.8 Å². The summed E-state index contributed by atoms with van der Waals surface area (Å²) in [6.45, 7) is 3.50. The maximum absolute atomic E-state index is 11.6. The molecular formula is C13H20N2O2S2. The van der Waals surface area contributed by atoms with Gasteiger partial charge in [0.1, 0.15) is 5.00 Å². The fourth-order valence-corrected chi connectivity index (χ4v) is 4.51. The Morgan fingerprint density at radius 1 is 1.47 bits per heavy atom. The first kappa shape index (κ1) is 14.7. The Labute approximate surface area is 122 Å². The van der Waals surface area contributed by atoms with Crippen molar-refractivity contribution in [3.63, 3.8) is 0 Å². The van der Waals surface area contributed by atoms with E-state index in [0.717, 1.165) is 35.8 Å². The van der Waals surface area contributed by atoms with Gasteiger partial charge in [-0.1, -0.05) is 0 Å². The molecule has 0 bridgehead atoms. The first-order chi connectivity index (χ1) is 9.08. The van der Waals surface area contributed by atoms with Crippen LogP contribution in [0.5, 0.6) is 0 Å². The Kier molecular flexibility index (Phi) is 4.76. The van der Waals surface area contributed by atoms with Gasteiger partial charge in [0.15, 0.2) is 5.78 Å². The molecule has 0 aliphatic carbocycles. The molecular weight excluding hydrogens is 280 g/mol. The lowest BCUT2D eigenvalue weighted by Gasteiger charge is -2.32.